The lowest BCUT2D eigenvalue weighted by molar-refractivity contribution is 0.204. The first-order valence-electron chi connectivity index (χ1n) is 6.92. The number of nitrogens with zero attached hydrogens (tertiary/aromatic N) is 5. The first-order chi connectivity index (χ1) is 10.3. The molecule has 0 aliphatic carbocycles. The summed E-state index contributed by atoms with van der Waals surface area (Å²) in [5.41, 5.74) is 4.60. The molecule has 2 aromatic heterocycles. The van der Waals surface area contributed by atoms with Crippen LogP contribution >= 0.6 is 0 Å². The van der Waals surface area contributed by atoms with Crippen molar-refractivity contribution >= 4 is 11.0 Å². The zero-order chi connectivity index (χ0) is 14.2. The Hall–Kier alpha value is -2.25. The zero-order valence-electron chi connectivity index (χ0n) is 11.4. The fourth-order valence-electron chi connectivity index (χ4n) is 2.82. The molecular formula is C14H15N5O2. The van der Waals surface area contributed by atoms with Crippen molar-refractivity contribution < 1.29 is 9.74 Å². The molecule has 1 N–H and O–H groups in total. The minimum Gasteiger partial charge on any atom is -0.390 e. The summed E-state index contributed by atoms with van der Waals surface area (Å²) in [6.45, 7) is 3.35. The molecule has 0 saturated heterocycles. The third-order valence-electron chi connectivity index (χ3n) is 3.85. The van der Waals surface area contributed by atoms with Gasteiger partial charge in [0.1, 0.15) is 11.0 Å². The van der Waals surface area contributed by atoms with E-state index in [1.54, 1.807) is 0 Å². The highest BCUT2D eigenvalue weighted by atomic mass is 16.6. The molecule has 0 spiro atoms. The molecule has 1 aromatic carbocycles. The van der Waals surface area contributed by atoms with Crippen molar-refractivity contribution in [2.24, 2.45) is 0 Å². The minimum atomic E-state index is -0.0100. The topological polar surface area (TPSA) is 80.2 Å². The largest absolute Gasteiger partial charge is 0.390 e. The third kappa shape index (κ3) is 2.20. The molecule has 108 valence electrons. The Kier molecular flexibility index (Phi) is 2.94. The highest BCUT2D eigenvalue weighted by Crippen LogP contribution is 2.20. The summed E-state index contributed by atoms with van der Waals surface area (Å²) >= 11 is 0. The highest BCUT2D eigenvalue weighted by molar-refractivity contribution is 5.76. The maximum absolute atomic E-state index is 9.17. The van der Waals surface area contributed by atoms with E-state index in [1.807, 2.05) is 22.9 Å². The average molecular weight is 285 g/mol. The number of benzene rings is 1. The summed E-state index contributed by atoms with van der Waals surface area (Å²) in [4.78, 5) is 2.33. The van der Waals surface area contributed by atoms with Crippen molar-refractivity contribution in [1.82, 2.24) is 25.0 Å². The van der Waals surface area contributed by atoms with Crippen LogP contribution in [0.2, 0.25) is 0 Å². The average Bonchev–Trinajstić information content (AvgIpc) is 3.13. The molecule has 3 aromatic rings. The zero-order valence-corrected chi connectivity index (χ0v) is 11.4. The van der Waals surface area contributed by atoms with Crippen molar-refractivity contribution in [3.05, 3.63) is 41.2 Å². The van der Waals surface area contributed by atoms with E-state index in [1.165, 1.54) is 0 Å². The minimum absolute atomic E-state index is 0.0100. The fraction of sp³-hybridized carbons (Fsp3) is 0.357. The van der Waals surface area contributed by atoms with Gasteiger partial charge in [-0.1, -0.05) is 12.1 Å². The number of hydrogen-bond donors (Lipinski definition) is 1. The van der Waals surface area contributed by atoms with Gasteiger partial charge in [-0.15, -0.1) is 0 Å². The molecule has 0 bridgehead atoms. The van der Waals surface area contributed by atoms with Gasteiger partial charge in [0, 0.05) is 19.6 Å². The van der Waals surface area contributed by atoms with Crippen molar-refractivity contribution in [3.63, 3.8) is 0 Å². The number of aliphatic hydroxyl groups is 1. The number of aromatic nitrogens is 4. The molecule has 0 saturated carbocycles. The molecule has 0 atom stereocenters. The molecular weight excluding hydrogens is 270 g/mol. The molecule has 0 unspecified atom stereocenters. The van der Waals surface area contributed by atoms with Gasteiger partial charge in [-0.25, -0.2) is 4.63 Å². The maximum atomic E-state index is 9.17. The predicted molar refractivity (Wildman–Crippen MR) is 74.1 cm³/mol. The van der Waals surface area contributed by atoms with Gasteiger partial charge < -0.3 is 5.11 Å². The van der Waals surface area contributed by atoms with E-state index in [4.69, 9.17) is 9.74 Å². The van der Waals surface area contributed by atoms with Gasteiger partial charge in [-0.05, 0) is 28.0 Å². The van der Waals surface area contributed by atoms with E-state index in [-0.39, 0.29) is 6.61 Å². The highest BCUT2D eigenvalue weighted by Gasteiger charge is 2.19. The normalized spacial score (nSPS) is 15.5. The van der Waals surface area contributed by atoms with Crippen LogP contribution in [0.1, 0.15) is 17.0 Å². The lowest BCUT2D eigenvalue weighted by Gasteiger charge is -2.27. The van der Waals surface area contributed by atoms with Crippen molar-refractivity contribution in [3.8, 4) is 0 Å². The van der Waals surface area contributed by atoms with E-state index in [2.05, 4.69) is 26.4 Å². The summed E-state index contributed by atoms with van der Waals surface area (Å²) in [7, 11) is 0. The van der Waals surface area contributed by atoms with Gasteiger partial charge in [0.15, 0.2) is 0 Å². The maximum Gasteiger partial charge on any atom is 0.139 e. The molecule has 3 heterocycles. The second kappa shape index (κ2) is 4.94. The van der Waals surface area contributed by atoms with Crippen LogP contribution in [-0.4, -0.2) is 36.6 Å². The molecule has 4 rings (SSSR count). The monoisotopic (exact) mass is 285 g/mol. The van der Waals surface area contributed by atoms with Gasteiger partial charge in [0.2, 0.25) is 0 Å². The SMILES string of the molecule is OCc1cc2n(n1)CCN(Cc1cccc3nonc13)C2. The molecule has 0 amide bonds. The first kappa shape index (κ1) is 12.5. The second-order valence-corrected chi connectivity index (χ2v) is 5.27. The Morgan fingerprint density at radius 2 is 2.19 bits per heavy atom. The summed E-state index contributed by atoms with van der Waals surface area (Å²) < 4.78 is 6.78. The molecule has 21 heavy (non-hydrogen) atoms. The van der Waals surface area contributed by atoms with Crippen LogP contribution in [-0.2, 0) is 26.2 Å². The quantitative estimate of drug-likeness (QED) is 0.771. The van der Waals surface area contributed by atoms with Crippen LogP contribution in [0.3, 0.4) is 0 Å². The van der Waals surface area contributed by atoms with E-state index in [0.29, 0.717) is 0 Å². The van der Waals surface area contributed by atoms with Gasteiger partial charge >= 0.3 is 0 Å². The Morgan fingerprint density at radius 3 is 3.10 bits per heavy atom. The first-order valence-corrected chi connectivity index (χ1v) is 6.92. The number of hydrogen-bond acceptors (Lipinski definition) is 6. The Balaban J connectivity index is 1.57. The lowest BCUT2D eigenvalue weighted by Crippen LogP contribution is -2.33. The number of rotatable bonds is 3. The smallest absolute Gasteiger partial charge is 0.139 e. The number of aliphatic hydroxyl groups excluding tert-OH is 1. The summed E-state index contributed by atoms with van der Waals surface area (Å²) in [5.74, 6) is 0. The molecule has 7 nitrogen and oxygen atoms in total. The standard InChI is InChI=1S/C14H15N5O2/c20-9-11-6-12-8-18(4-5-19(12)15-11)7-10-2-1-3-13-14(10)17-21-16-13/h1-3,6,20H,4-5,7-9H2. The van der Waals surface area contributed by atoms with Crippen LogP contribution in [0.4, 0.5) is 0 Å². The molecule has 1 aliphatic heterocycles. The Morgan fingerprint density at radius 1 is 1.24 bits per heavy atom. The molecule has 0 fully saturated rings. The second-order valence-electron chi connectivity index (χ2n) is 5.27. The van der Waals surface area contributed by atoms with Crippen LogP contribution < -0.4 is 0 Å². The number of fused-ring (bicyclic) bond motifs is 2. The van der Waals surface area contributed by atoms with E-state index < -0.39 is 0 Å². The fourth-order valence-corrected chi connectivity index (χ4v) is 2.82. The molecule has 7 heteroatoms. The van der Waals surface area contributed by atoms with Gasteiger partial charge in [0.25, 0.3) is 0 Å². The van der Waals surface area contributed by atoms with E-state index in [0.717, 1.165) is 54.2 Å². The Bertz CT molecular complexity index is 779. The lowest BCUT2D eigenvalue weighted by atomic mass is 10.1. The van der Waals surface area contributed by atoms with Crippen LogP contribution in [0.5, 0.6) is 0 Å². The van der Waals surface area contributed by atoms with Gasteiger partial charge in [-0.2, -0.15) is 5.10 Å². The predicted octanol–water partition coefficient (Wildman–Crippen LogP) is 0.927. The van der Waals surface area contributed by atoms with E-state index >= 15 is 0 Å². The Labute approximate surface area is 120 Å². The van der Waals surface area contributed by atoms with E-state index in [9.17, 15) is 0 Å². The summed E-state index contributed by atoms with van der Waals surface area (Å²) in [5, 5.41) is 21.4. The third-order valence-corrected chi connectivity index (χ3v) is 3.85. The summed E-state index contributed by atoms with van der Waals surface area (Å²) in [6.07, 6.45) is 0. The molecule has 1 aliphatic rings. The van der Waals surface area contributed by atoms with Gasteiger partial charge in [0.05, 0.1) is 24.5 Å². The van der Waals surface area contributed by atoms with Crippen LogP contribution in [0, 0.1) is 0 Å². The van der Waals surface area contributed by atoms with Crippen LogP contribution in [0.25, 0.3) is 11.0 Å². The van der Waals surface area contributed by atoms with Gasteiger partial charge in [-0.3, -0.25) is 9.58 Å². The van der Waals surface area contributed by atoms with Crippen LogP contribution in [0.15, 0.2) is 28.9 Å². The summed E-state index contributed by atoms with van der Waals surface area (Å²) in [6, 6.07) is 7.88. The van der Waals surface area contributed by atoms with Crippen molar-refractivity contribution in [1.29, 1.82) is 0 Å². The molecule has 0 radical (unpaired) electrons. The van der Waals surface area contributed by atoms with Crippen molar-refractivity contribution in [2.75, 3.05) is 6.54 Å². The van der Waals surface area contributed by atoms with Crippen molar-refractivity contribution in [2.45, 2.75) is 26.2 Å².